The van der Waals surface area contributed by atoms with Crippen LogP contribution in [0.4, 0.5) is 9.52 Å². The van der Waals surface area contributed by atoms with Gasteiger partial charge in [-0.1, -0.05) is 41.4 Å². The van der Waals surface area contributed by atoms with Gasteiger partial charge in [0.2, 0.25) is 5.67 Å². The fraction of sp³-hybridized carbons (Fsp3) is 0.333. The van der Waals surface area contributed by atoms with Gasteiger partial charge in [0.1, 0.15) is 20.2 Å². The second-order valence-corrected chi connectivity index (χ2v) is 9.07. The fourth-order valence-corrected chi connectivity index (χ4v) is 4.67. The SMILES string of the molecule is Bc1ccc(COc2ccc(C)cc2-c2csc(N3CCC(F)(C(=O)OC)CC3)n2)cc1. The van der Waals surface area contributed by atoms with E-state index >= 15 is 0 Å². The molecule has 32 heavy (non-hydrogen) atoms. The van der Waals surface area contributed by atoms with Crippen molar-refractivity contribution < 1.29 is 18.7 Å². The van der Waals surface area contributed by atoms with Crippen LogP contribution in [-0.2, 0) is 16.1 Å². The first-order chi connectivity index (χ1) is 15.4. The van der Waals surface area contributed by atoms with Crippen molar-refractivity contribution in [2.24, 2.45) is 0 Å². The summed E-state index contributed by atoms with van der Waals surface area (Å²) in [6.45, 7) is 3.36. The van der Waals surface area contributed by atoms with Gasteiger partial charge in [0.05, 0.1) is 12.8 Å². The van der Waals surface area contributed by atoms with Crippen molar-refractivity contribution >= 4 is 35.7 Å². The molecule has 8 heteroatoms. The van der Waals surface area contributed by atoms with E-state index in [1.165, 1.54) is 23.9 Å². The predicted molar refractivity (Wildman–Crippen MR) is 129 cm³/mol. The quantitative estimate of drug-likeness (QED) is 0.424. The van der Waals surface area contributed by atoms with Gasteiger partial charge in [0.25, 0.3) is 0 Å². The molecule has 0 radical (unpaired) electrons. The number of hydrogen-bond donors (Lipinski definition) is 0. The van der Waals surface area contributed by atoms with Crippen LogP contribution in [0.15, 0.2) is 47.8 Å². The number of nitrogens with zero attached hydrogens (tertiary/aromatic N) is 2. The van der Waals surface area contributed by atoms with E-state index in [9.17, 15) is 9.18 Å². The number of aryl methyl sites for hydroxylation is 1. The molecule has 1 saturated heterocycles. The van der Waals surface area contributed by atoms with Crippen LogP contribution in [0, 0.1) is 6.92 Å². The number of carbonyl (C=O) groups is 1. The number of carbonyl (C=O) groups excluding carboxylic acids is 1. The van der Waals surface area contributed by atoms with Crippen LogP contribution in [0.2, 0.25) is 0 Å². The number of anilines is 1. The Bertz CT molecular complexity index is 1090. The molecule has 1 fully saturated rings. The Labute approximate surface area is 192 Å². The molecule has 0 atom stereocenters. The van der Waals surface area contributed by atoms with Crippen LogP contribution in [0.3, 0.4) is 0 Å². The van der Waals surface area contributed by atoms with Crippen molar-refractivity contribution in [1.82, 2.24) is 4.98 Å². The van der Waals surface area contributed by atoms with Crippen LogP contribution < -0.4 is 15.1 Å². The van der Waals surface area contributed by atoms with Crippen LogP contribution >= 0.6 is 11.3 Å². The average Bonchev–Trinajstić information content (AvgIpc) is 3.29. The second-order valence-electron chi connectivity index (χ2n) is 8.23. The molecule has 166 valence electrons. The van der Waals surface area contributed by atoms with Gasteiger partial charge < -0.3 is 14.4 Å². The molecule has 0 spiro atoms. The van der Waals surface area contributed by atoms with Crippen LogP contribution in [0.5, 0.6) is 5.75 Å². The van der Waals surface area contributed by atoms with Gasteiger partial charge in [-0.3, -0.25) is 0 Å². The Hall–Kier alpha value is -2.87. The number of ether oxygens (including phenoxy) is 2. The van der Waals surface area contributed by atoms with E-state index in [2.05, 4.69) is 42.9 Å². The molecule has 0 unspecified atom stereocenters. The maximum Gasteiger partial charge on any atom is 0.343 e. The smallest absolute Gasteiger partial charge is 0.343 e. The lowest BCUT2D eigenvalue weighted by molar-refractivity contribution is -0.156. The molecular formula is C24H26BFN2O3S. The van der Waals surface area contributed by atoms with Crippen LogP contribution in [-0.4, -0.2) is 44.7 Å². The minimum Gasteiger partial charge on any atom is -0.488 e. The highest BCUT2D eigenvalue weighted by molar-refractivity contribution is 7.14. The van der Waals surface area contributed by atoms with Gasteiger partial charge in [-0.05, 0) is 24.6 Å². The summed E-state index contributed by atoms with van der Waals surface area (Å²) in [4.78, 5) is 18.6. The maximum atomic E-state index is 14.7. The number of alkyl halides is 1. The van der Waals surface area contributed by atoms with Crippen molar-refractivity contribution in [2.75, 3.05) is 25.1 Å². The van der Waals surface area contributed by atoms with Crippen molar-refractivity contribution in [3.05, 3.63) is 59.0 Å². The third-order valence-electron chi connectivity index (χ3n) is 5.80. The number of aromatic nitrogens is 1. The summed E-state index contributed by atoms with van der Waals surface area (Å²) in [5.41, 5.74) is 3.31. The Kier molecular flexibility index (Phi) is 6.51. The highest BCUT2D eigenvalue weighted by Crippen LogP contribution is 2.37. The fourth-order valence-electron chi connectivity index (χ4n) is 3.79. The molecule has 1 aliphatic heterocycles. The number of benzene rings is 2. The third-order valence-corrected chi connectivity index (χ3v) is 6.70. The van der Waals surface area contributed by atoms with E-state index in [0.29, 0.717) is 19.7 Å². The van der Waals surface area contributed by atoms with Gasteiger partial charge in [-0.25, -0.2) is 14.2 Å². The summed E-state index contributed by atoms with van der Waals surface area (Å²) in [6, 6.07) is 14.4. The zero-order chi connectivity index (χ0) is 22.7. The Balaban J connectivity index is 1.49. The monoisotopic (exact) mass is 452 g/mol. The minimum atomic E-state index is -1.90. The average molecular weight is 452 g/mol. The number of piperidine rings is 1. The van der Waals surface area contributed by atoms with E-state index in [4.69, 9.17) is 9.72 Å². The maximum absolute atomic E-state index is 14.7. The molecule has 5 nitrogen and oxygen atoms in total. The second kappa shape index (κ2) is 9.32. The summed E-state index contributed by atoms with van der Waals surface area (Å²) in [6.07, 6.45) is 0.202. The molecule has 0 bridgehead atoms. The van der Waals surface area contributed by atoms with Gasteiger partial charge in [0, 0.05) is 36.9 Å². The number of esters is 1. The Morgan fingerprint density at radius 1 is 1.22 bits per heavy atom. The van der Waals surface area contributed by atoms with Gasteiger partial charge >= 0.3 is 5.97 Å². The van der Waals surface area contributed by atoms with E-state index in [1.54, 1.807) is 0 Å². The predicted octanol–water partition coefficient (Wildman–Crippen LogP) is 3.44. The number of methoxy groups -OCH3 is 1. The molecule has 2 aromatic carbocycles. The molecular weight excluding hydrogens is 426 g/mol. The summed E-state index contributed by atoms with van der Waals surface area (Å²) in [7, 11) is 3.29. The summed E-state index contributed by atoms with van der Waals surface area (Å²) >= 11 is 1.52. The van der Waals surface area contributed by atoms with Crippen molar-refractivity contribution in [2.45, 2.75) is 32.0 Å². The Morgan fingerprint density at radius 2 is 1.94 bits per heavy atom. The van der Waals surface area contributed by atoms with Gasteiger partial charge in [0.15, 0.2) is 5.13 Å². The standard InChI is InChI=1S/C24H26BFN2O3S/c1-16-3-8-21(31-14-17-4-6-18(25)7-5-17)19(13-16)20-15-32-23(27-20)28-11-9-24(26,10-12-28)22(29)30-2/h3-8,13,15H,9-12,14,25H2,1-2H3. The summed E-state index contributed by atoms with van der Waals surface area (Å²) in [5.74, 6) is -0.00718. The first kappa shape index (κ1) is 22.3. The molecule has 0 amide bonds. The third kappa shape index (κ3) is 4.80. The van der Waals surface area contributed by atoms with Crippen molar-refractivity contribution in [3.8, 4) is 17.0 Å². The van der Waals surface area contributed by atoms with E-state index in [1.807, 2.05) is 29.3 Å². The Morgan fingerprint density at radius 3 is 2.62 bits per heavy atom. The van der Waals surface area contributed by atoms with E-state index < -0.39 is 11.6 Å². The van der Waals surface area contributed by atoms with Crippen molar-refractivity contribution in [1.29, 1.82) is 0 Å². The number of hydrogen-bond acceptors (Lipinski definition) is 6. The van der Waals surface area contributed by atoms with E-state index in [-0.39, 0.29) is 12.8 Å². The normalized spacial score (nSPS) is 15.4. The summed E-state index contributed by atoms with van der Waals surface area (Å²) < 4.78 is 25.5. The zero-order valence-corrected chi connectivity index (χ0v) is 19.4. The number of rotatable bonds is 6. The largest absolute Gasteiger partial charge is 0.488 e. The number of halogens is 1. The van der Waals surface area contributed by atoms with Crippen LogP contribution in [0.1, 0.15) is 24.0 Å². The molecule has 1 aromatic heterocycles. The lowest BCUT2D eigenvalue weighted by Gasteiger charge is -2.34. The highest BCUT2D eigenvalue weighted by Gasteiger charge is 2.43. The van der Waals surface area contributed by atoms with Crippen LogP contribution in [0.25, 0.3) is 11.3 Å². The van der Waals surface area contributed by atoms with E-state index in [0.717, 1.165) is 33.3 Å². The van der Waals surface area contributed by atoms with Crippen molar-refractivity contribution in [3.63, 3.8) is 0 Å². The molecule has 0 saturated carbocycles. The minimum absolute atomic E-state index is 0.101. The summed E-state index contributed by atoms with van der Waals surface area (Å²) in [5, 5.41) is 2.82. The molecule has 4 rings (SSSR count). The van der Waals surface area contributed by atoms with Gasteiger partial charge in [-0.2, -0.15) is 0 Å². The molecule has 0 N–H and O–H groups in total. The molecule has 0 aliphatic carbocycles. The first-order valence-corrected chi connectivity index (χ1v) is 11.5. The number of thiazole rings is 1. The molecule has 3 aromatic rings. The molecule has 2 heterocycles. The topological polar surface area (TPSA) is 51.7 Å². The van der Waals surface area contributed by atoms with Gasteiger partial charge in [-0.15, -0.1) is 11.3 Å². The highest BCUT2D eigenvalue weighted by atomic mass is 32.1. The lowest BCUT2D eigenvalue weighted by Crippen LogP contribution is -2.47. The lowest BCUT2D eigenvalue weighted by atomic mass is 9.94. The zero-order valence-electron chi connectivity index (χ0n) is 18.6. The first-order valence-electron chi connectivity index (χ1n) is 10.7. The molecule has 1 aliphatic rings.